The lowest BCUT2D eigenvalue weighted by Gasteiger charge is -2.34. The van der Waals surface area contributed by atoms with Crippen molar-refractivity contribution in [1.29, 1.82) is 0 Å². The minimum absolute atomic E-state index is 0.0304. The molecule has 0 aliphatic heterocycles. The zero-order valence-electron chi connectivity index (χ0n) is 15.6. The lowest BCUT2D eigenvalue weighted by atomic mass is 9.84. The summed E-state index contributed by atoms with van der Waals surface area (Å²) in [5.41, 5.74) is 0.932. The van der Waals surface area contributed by atoms with Crippen molar-refractivity contribution in [3.8, 4) is 0 Å². The van der Waals surface area contributed by atoms with E-state index in [1.54, 1.807) is 54.6 Å². The molecule has 0 amide bonds. The maximum Gasteiger partial charge on any atom is 0.338 e. The average molecular weight is 380 g/mol. The van der Waals surface area contributed by atoms with Gasteiger partial charge < -0.3 is 14.6 Å². The first-order valence-corrected chi connectivity index (χ1v) is 9.47. The summed E-state index contributed by atoms with van der Waals surface area (Å²) in [4.78, 5) is 25.0. The van der Waals surface area contributed by atoms with Crippen LogP contribution in [0.5, 0.6) is 0 Å². The van der Waals surface area contributed by atoms with Crippen LogP contribution in [0.25, 0.3) is 0 Å². The van der Waals surface area contributed by atoms with Gasteiger partial charge in [0.15, 0.2) is 0 Å². The Balaban J connectivity index is 1.72. The van der Waals surface area contributed by atoms with E-state index < -0.39 is 24.1 Å². The molecular formula is C23H24O5. The summed E-state index contributed by atoms with van der Waals surface area (Å²) in [6.07, 6.45) is 4.51. The summed E-state index contributed by atoms with van der Waals surface area (Å²) in [5.74, 6) is -0.693. The predicted octanol–water partition coefficient (Wildman–Crippen LogP) is 3.79. The van der Waals surface area contributed by atoms with Gasteiger partial charge >= 0.3 is 11.9 Å². The van der Waals surface area contributed by atoms with Gasteiger partial charge in [-0.25, -0.2) is 9.59 Å². The molecule has 0 aromatic heterocycles. The van der Waals surface area contributed by atoms with Gasteiger partial charge in [-0.2, -0.15) is 0 Å². The fraction of sp³-hybridized carbons (Fsp3) is 0.304. The minimum Gasteiger partial charge on any atom is -0.455 e. The van der Waals surface area contributed by atoms with E-state index >= 15 is 0 Å². The van der Waals surface area contributed by atoms with E-state index in [9.17, 15) is 9.59 Å². The van der Waals surface area contributed by atoms with Crippen molar-refractivity contribution in [2.24, 2.45) is 5.92 Å². The number of ether oxygens (including phenoxy) is 2. The second kappa shape index (κ2) is 9.85. The van der Waals surface area contributed by atoms with Gasteiger partial charge in [-0.05, 0) is 49.4 Å². The molecule has 5 heteroatoms. The second-order valence-electron chi connectivity index (χ2n) is 6.80. The first kappa shape index (κ1) is 19.8. The highest BCUT2D eigenvalue weighted by molar-refractivity contribution is 5.90. The topological polar surface area (TPSA) is 72.8 Å². The van der Waals surface area contributed by atoms with Crippen molar-refractivity contribution in [3.05, 3.63) is 83.9 Å². The Hall–Kier alpha value is -2.92. The van der Waals surface area contributed by atoms with Gasteiger partial charge in [0.05, 0.1) is 17.7 Å². The molecule has 2 aromatic carbocycles. The van der Waals surface area contributed by atoms with Crippen molar-refractivity contribution in [3.63, 3.8) is 0 Å². The highest BCUT2D eigenvalue weighted by atomic mass is 16.6. The summed E-state index contributed by atoms with van der Waals surface area (Å²) in [7, 11) is 0. The van der Waals surface area contributed by atoms with Gasteiger partial charge in [-0.3, -0.25) is 0 Å². The number of hydrogen-bond acceptors (Lipinski definition) is 5. The fourth-order valence-electron chi connectivity index (χ4n) is 3.38. The Kier molecular flexibility index (Phi) is 6.98. The molecule has 3 rings (SSSR count). The van der Waals surface area contributed by atoms with Crippen LogP contribution >= 0.6 is 0 Å². The second-order valence-corrected chi connectivity index (χ2v) is 6.80. The standard InChI is InChI=1S/C23H24O5/c24-15-7-8-17-13-14-20(27-22(25)18-9-3-1-4-10-18)21(16-17)28-23(26)19-11-5-2-6-12-19/h1-12,17,20-21,24H,13-16H2/b8-7+/t17?,20-,21+/m1/s1. The molecule has 2 aromatic rings. The van der Waals surface area contributed by atoms with Crippen molar-refractivity contribution >= 4 is 11.9 Å². The van der Waals surface area contributed by atoms with Crippen LogP contribution < -0.4 is 0 Å². The molecule has 1 aliphatic rings. The van der Waals surface area contributed by atoms with Crippen molar-refractivity contribution in [2.75, 3.05) is 6.61 Å². The third kappa shape index (κ3) is 5.30. The smallest absolute Gasteiger partial charge is 0.338 e. The Bertz CT molecular complexity index is 800. The molecule has 5 nitrogen and oxygen atoms in total. The Morgan fingerprint density at radius 2 is 1.39 bits per heavy atom. The molecule has 0 saturated heterocycles. The first-order valence-electron chi connectivity index (χ1n) is 9.47. The van der Waals surface area contributed by atoms with Gasteiger partial charge in [0.2, 0.25) is 0 Å². The first-order chi connectivity index (χ1) is 13.7. The Morgan fingerprint density at radius 1 is 0.857 bits per heavy atom. The number of carbonyl (C=O) groups excluding carboxylic acids is 2. The molecule has 1 aliphatic carbocycles. The molecule has 1 N–H and O–H groups in total. The van der Waals surface area contributed by atoms with Crippen LogP contribution in [0.3, 0.4) is 0 Å². The predicted molar refractivity (Wildman–Crippen MR) is 105 cm³/mol. The maximum atomic E-state index is 12.5. The Labute approximate surface area is 164 Å². The van der Waals surface area contributed by atoms with Gasteiger partial charge in [0, 0.05) is 0 Å². The van der Waals surface area contributed by atoms with E-state index in [0.29, 0.717) is 24.0 Å². The lowest BCUT2D eigenvalue weighted by Crippen LogP contribution is -2.40. The van der Waals surface area contributed by atoms with Crippen molar-refractivity contribution in [1.82, 2.24) is 0 Å². The van der Waals surface area contributed by atoms with Crippen molar-refractivity contribution in [2.45, 2.75) is 31.5 Å². The molecule has 0 bridgehead atoms. The van der Waals surface area contributed by atoms with E-state index in [1.165, 1.54) is 0 Å². The van der Waals surface area contributed by atoms with E-state index in [4.69, 9.17) is 14.6 Å². The van der Waals surface area contributed by atoms with Crippen LogP contribution in [0.2, 0.25) is 0 Å². The van der Waals surface area contributed by atoms with Crippen molar-refractivity contribution < 1.29 is 24.2 Å². The summed E-state index contributed by atoms with van der Waals surface area (Å²) in [6, 6.07) is 17.6. The SMILES string of the molecule is O=C(O[C@H]1CC(/C=C/CO)CC[C@H]1OC(=O)c1ccccc1)c1ccccc1. The van der Waals surface area contributed by atoms with Crippen LogP contribution in [-0.4, -0.2) is 35.9 Å². The normalized spacial score (nSPS) is 22.0. The molecule has 28 heavy (non-hydrogen) atoms. The van der Waals surface area contributed by atoms with E-state index in [2.05, 4.69) is 0 Å². The number of benzene rings is 2. The molecule has 1 saturated carbocycles. The minimum atomic E-state index is -0.539. The lowest BCUT2D eigenvalue weighted by molar-refractivity contribution is -0.0573. The summed E-state index contributed by atoms with van der Waals surface area (Å²) >= 11 is 0. The monoisotopic (exact) mass is 380 g/mol. The average Bonchev–Trinajstić information content (AvgIpc) is 2.75. The Morgan fingerprint density at radius 3 is 1.93 bits per heavy atom. The van der Waals surface area contributed by atoms with Crippen LogP contribution in [-0.2, 0) is 9.47 Å². The van der Waals surface area contributed by atoms with Gasteiger partial charge in [-0.1, -0.05) is 48.6 Å². The zero-order chi connectivity index (χ0) is 19.8. The number of allylic oxidation sites excluding steroid dienone is 1. The van der Waals surface area contributed by atoms with Crippen LogP contribution in [0.15, 0.2) is 72.8 Å². The molecule has 0 spiro atoms. The molecule has 1 unspecified atom stereocenters. The molecule has 146 valence electrons. The number of rotatable bonds is 6. The zero-order valence-corrected chi connectivity index (χ0v) is 15.6. The highest BCUT2D eigenvalue weighted by Gasteiger charge is 2.35. The van der Waals surface area contributed by atoms with Gasteiger partial charge in [0.25, 0.3) is 0 Å². The molecule has 0 heterocycles. The number of hydrogen-bond donors (Lipinski definition) is 1. The van der Waals surface area contributed by atoms with E-state index in [1.807, 2.05) is 18.2 Å². The van der Waals surface area contributed by atoms with E-state index in [0.717, 1.165) is 6.42 Å². The quantitative estimate of drug-likeness (QED) is 0.610. The molecule has 3 atom stereocenters. The summed E-state index contributed by atoms with van der Waals surface area (Å²) < 4.78 is 11.4. The summed E-state index contributed by atoms with van der Waals surface area (Å²) in [6.45, 7) is -0.0304. The molecule has 0 radical (unpaired) electrons. The largest absolute Gasteiger partial charge is 0.455 e. The van der Waals surface area contributed by atoms with E-state index in [-0.39, 0.29) is 12.5 Å². The number of aliphatic hydroxyl groups is 1. The van der Waals surface area contributed by atoms with Gasteiger partial charge in [-0.15, -0.1) is 0 Å². The fourth-order valence-corrected chi connectivity index (χ4v) is 3.38. The number of carbonyl (C=O) groups is 2. The molecule has 1 fully saturated rings. The highest BCUT2D eigenvalue weighted by Crippen LogP contribution is 2.31. The van der Waals surface area contributed by atoms with Crippen LogP contribution in [0, 0.1) is 5.92 Å². The summed E-state index contributed by atoms with van der Waals surface area (Å²) in [5, 5.41) is 9.01. The van der Waals surface area contributed by atoms with Crippen LogP contribution in [0.1, 0.15) is 40.0 Å². The number of esters is 2. The van der Waals surface area contributed by atoms with Gasteiger partial charge in [0.1, 0.15) is 12.2 Å². The molecular weight excluding hydrogens is 356 g/mol. The van der Waals surface area contributed by atoms with Crippen LogP contribution in [0.4, 0.5) is 0 Å². The third-order valence-corrected chi connectivity index (χ3v) is 4.82. The third-order valence-electron chi connectivity index (χ3n) is 4.82. The maximum absolute atomic E-state index is 12.5. The number of aliphatic hydroxyl groups excluding tert-OH is 1.